The Morgan fingerprint density at radius 1 is 1.19 bits per heavy atom. The molecule has 1 aromatic rings. The third-order valence-electron chi connectivity index (χ3n) is 2.58. The molecule has 1 aliphatic carbocycles. The zero-order valence-corrected chi connectivity index (χ0v) is 10.1. The zero-order valence-electron chi connectivity index (χ0n) is 8.51. The van der Waals surface area contributed by atoms with Gasteiger partial charge in [0.05, 0.1) is 4.91 Å². The molecule has 16 heavy (non-hydrogen) atoms. The van der Waals surface area contributed by atoms with Gasteiger partial charge in [-0.15, -0.1) is 0 Å². The van der Waals surface area contributed by atoms with Crippen molar-refractivity contribution in [1.29, 1.82) is 0 Å². The van der Waals surface area contributed by atoms with Crippen molar-refractivity contribution in [2.75, 3.05) is 0 Å². The van der Waals surface area contributed by atoms with Crippen LogP contribution in [0.2, 0.25) is 0 Å². The lowest BCUT2D eigenvalue weighted by Crippen LogP contribution is -2.02. The molecule has 0 spiro atoms. The van der Waals surface area contributed by atoms with Gasteiger partial charge >= 0.3 is 0 Å². The van der Waals surface area contributed by atoms with Gasteiger partial charge in [-0.1, -0.05) is 42.5 Å². The van der Waals surface area contributed by atoms with E-state index in [-0.39, 0.29) is 10.8 Å². The van der Waals surface area contributed by atoms with Crippen LogP contribution in [0.4, 0.5) is 0 Å². The van der Waals surface area contributed by atoms with E-state index < -0.39 is 9.05 Å². The van der Waals surface area contributed by atoms with E-state index >= 15 is 0 Å². The van der Waals surface area contributed by atoms with Gasteiger partial charge in [0.2, 0.25) is 0 Å². The van der Waals surface area contributed by atoms with Crippen molar-refractivity contribution in [3.05, 3.63) is 59.0 Å². The number of hydrogen-bond acceptors (Lipinski definition) is 2. The SMILES string of the molecule is O=S(=O)(Cl)C1=CCC(c2ccccc2)C=C1. The number of rotatable bonds is 2. The molecular formula is C12H11ClO2S. The molecule has 2 nitrogen and oxygen atoms in total. The maximum Gasteiger partial charge on any atom is 0.260 e. The van der Waals surface area contributed by atoms with E-state index in [9.17, 15) is 8.42 Å². The normalized spacial score (nSPS) is 20.6. The van der Waals surface area contributed by atoms with Crippen LogP contribution in [0.15, 0.2) is 53.5 Å². The first kappa shape index (κ1) is 11.4. The molecule has 0 bridgehead atoms. The van der Waals surface area contributed by atoms with Gasteiger partial charge in [-0.05, 0) is 18.1 Å². The fourth-order valence-corrected chi connectivity index (χ4v) is 2.61. The maximum atomic E-state index is 11.1. The molecule has 0 radical (unpaired) electrons. The summed E-state index contributed by atoms with van der Waals surface area (Å²) in [5, 5.41) is 0. The van der Waals surface area contributed by atoms with Gasteiger partial charge in [0.25, 0.3) is 9.05 Å². The first-order chi connectivity index (χ1) is 7.57. The van der Waals surface area contributed by atoms with Gasteiger partial charge in [-0.3, -0.25) is 0 Å². The van der Waals surface area contributed by atoms with E-state index in [1.54, 1.807) is 12.2 Å². The van der Waals surface area contributed by atoms with Crippen LogP contribution < -0.4 is 0 Å². The third kappa shape index (κ3) is 2.54. The highest BCUT2D eigenvalue weighted by atomic mass is 35.7. The molecule has 0 saturated carbocycles. The minimum absolute atomic E-state index is 0.196. The summed E-state index contributed by atoms with van der Waals surface area (Å²) in [5.41, 5.74) is 1.18. The smallest absolute Gasteiger partial charge is 0.207 e. The predicted octanol–water partition coefficient (Wildman–Crippen LogP) is 3.18. The van der Waals surface area contributed by atoms with Gasteiger partial charge in [0.1, 0.15) is 0 Å². The van der Waals surface area contributed by atoms with Gasteiger partial charge in [-0.25, -0.2) is 8.42 Å². The first-order valence-electron chi connectivity index (χ1n) is 4.95. The van der Waals surface area contributed by atoms with Crippen LogP contribution in [-0.2, 0) is 9.05 Å². The number of benzene rings is 1. The Morgan fingerprint density at radius 3 is 2.38 bits per heavy atom. The van der Waals surface area contributed by atoms with Crippen LogP contribution in [0.1, 0.15) is 17.9 Å². The summed E-state index contributed by atoms with van der Waals surface area (Å²) < 4.78 is 22.2. The standard InChI is InChI=1S/C12H11ClO2S/c13-16(14,15)12-8-6-11(7-9-12)10-4-2-1-3-5-10/h1-6,8-9,11H,7H2. The molecule has 0 heterocycles. The highest BCUT2D eigenvalue weighted by molar-refractivity contribution is 8.17. The second-order valence-corrected chi connectivity index (χ2v) is 6.22. The fourth-order valence-electron chi connectivity index (χ4n) is 1.73. The van der Waals surface area contributed by atoms with Gasteiger partial charge in [-0.2, -0.15) is 0 Å². The lowest BCUT2D eigenvalue weighted by molar-refractivity contribution is 0.615. The first-order valence-corrected chi connectivity index (χ1v) is 7.26. The second-order valence-electron chi connectivity index (χ2n) is 3.66. The molecule has 0 saturated heterocycles. The Bertz CT molecular complexity index is 529. The second kappa shape index (κ2) is 4.44. The molecule has 1 aromatic carbocycles. The molecule has 84 valence electrons. The number of allylic oxidation sites excluding steroid dienone is 3. The van der Waals surface area contributed by atoms with Gasteiger partial charge in [0, 0.05) is 16.6 Å². The van der Waals surface area contributed by atoms with Crippen molar-refractivity contribution in [3.8, 4) is 0 Å². The summed E-state index contributed by atoms with van der Waals surface area (Å²) in [6, 6.07) is 9.97. The minimum atomic E-state index is -3.58. The average Bonchev–Trinajstić information content (AvgIpc) is 2.29. The molecule has 0 N–H and O–H groups in total. The zero-order chi connectivity index (χ0) is 11.6. The van der Waals surface area contributed by atoms with Crippen molar-refractivity contribution < 1.29 is 8.42 Å². The third-order valence-corrected chi connectivity index (χ3v) is 3.98. The highest BCUT2D eigenvalue weighted by Gasteiger charge is 2.17. The Hall–Kier alpha value is -1.06. The van der Waals surface area contributed by atoms with E-state index in [0.717, 1.165) is 0 Å². The van der Waals surface area contributed by atoms with Crippen molar-refractivity contribution in [3.63, 3.8) is 0 Å². The number of halogens is 1. The van der Waals surface area contributed by atoms with Crippen LogP contribution in [0.3, 0.4) is 0 Å². The van der Waals surface area contributed by atoms with Gasteiger partial charge < -0.3 is 0 Å². The Balaban J connectivity index is 2.19. The van der Waals surface area contributed by atoms with E-state index in [4.69, 9.17) is 10.7 Å². The lowest BCUT2D eigenvalue weighted by Gasteiger charge is -2.15. The fraction of sp³-hybridized carbons (Fsp3) is 0.167. The minimum Gasteiger partial charge on any atom is -0.207 e. The Labute approximate surface area is 99.7 Å². The Kier molecular flexibility index (Phi) is 3.17. The molecule has 1 aliphatic rings. The van der Waals surface area contributed by atoms with Crippen LogP contribution in [0.5, 0.6) is 0 Å². The van der Waals surface area contributed by atoms with Crippen molar-refractivity contribution in [1.82, 2.24) is 0 Å². The quantitative estimate of drug-likeness (QED) is 0.760. The molecule has 4 heteroatoms. The summed E-state index contributed by atoms with van der Waals surface area (Å²) in [4.78, 5) is 0.196. The molecule has 0 aliphatic heterocycles. The average molecular weight is 255 g/mol. The summed E-state index contributed by atoms with van der Waals surface area (Å²) in [7, 11) is 1.67. The summed E-state index contributed by atoms with van der Waals surface area (Å²) in [6.07, 6.45) is 5.79. The van der Waals surface area contributed by atoms with Gasteiger partial charge in [0.15, 0.2) is 0 Å². The van der Waals surface area contributed by atoms with E-state index in [1.807, 2.05) is 36.4 Å². The number of hydrogen-bond donors (Lipinski definition) is 0. The lowest BCUT2D eigenvalue weighted by atomic mass is 9.93. The van der Waals surface area contributed by atoms with E-state index in [2.05, 4.69) is 0 Å². The monoisotopic (exact) mass is 254 g/mol. The summed E-state index contributed by atoms with van der Waals surface area (Å²) in [5.74, 6) is 0.239. The van der Waals surface area contributed by atoms with Crippen molar-refractivity contribution in [2.24, 2.45) is 0 Å². The van der Waals surface area contributed by atoms with Crippen molar-refractivity contribution >= 4 is 19.7 Å². The molecule has 2 rings (SSSR count). The molecule has 0 amide bonds. The van der Waals surface area contributed by atoms with Crippen LogP contribution >= 0.6 is 10.7 Å². The Morgan fingerprint density at radius 2 is 1.88 bits per heavy atom. The van der Waals surface area contributed by atoms with E-state index in [0.29, 0.717) is 6.42 Å². The van der Waals surface area contributed by atoms with Crippen LogP contribution in [0, 0.1) is 0 Å². The predicted molar refractivity (Wildman–Crippen MR) is 65.8 cm³/mol. The largest absolute Gasteiger partial charge is 0.260 e. The summed E-state index contributed by atoms with van der Waals surface area (Å²) >= 11 is 0. The molecular weight excluding hydrogens is 244 g/mol. The highest BCUT2D eigenvalue weighted by Crippen LogP contribution is 2.29. The molecule has 1 atom stereocenters. The maximum absolute atomic E-state index is 11.1. The summed E-state index contributed by atoms with van der Waals surface area (Å²) in [6.45, 7) is 0. The van der Waals surface area contributed by atoms with Crippen molar-refractivity contribution in [2.45, 2.75) is 12.3 Å². The molecule has 1 unspecified atom stereocenters. The molecule has 0 fully saturated rings. The topological polar surface area (TPSA) is 34.1 Å². The van der Waals surface area contributed by atoms with Crippen LogP contribution in [0.25, 0.3) is 0 Å². The van der Waals surface area contributed by atoms with E-state index in [1.165, 1.54) is 5.56 Å². The molecule has 0 aromatic heterocycles. The van der Waals surface area contributed by atoms with Crippen LogP contribution in [-0.4, -0.2) is 8.42 Å².